The van der Waals surface area contributed by atoms with Crippen LogP contribution >= 0.6 is 0 Å². The molecule has 0 aliphatic carbocycles. The standard InChI is InChI=1S/C20H24O6/c1-2-3-4-5-6-7-8-9-26-20-18(13-24)16(11-22)15(10-21)17(12-23)19(20)14-25/h10-14H,2-9H2,1H3. The smallest absolute Gasteiger partial charge is 0.154 e. The van der Waals surface area contributed by atoms with Gasteiger partial charge >= 0.3 is 0 Å². The lowest BCUT2D eigenvalue weighted by atomic mass is 9.92. The number of aldehydes is 5. The summed E-state index contributed by atoms with van der Waals surface area (Å²) in [6.45, 7) is 2.40. The normalized spacial score (nSPS) is 10.2. The van der Waals surface area contributed by atoms with Gasteiger partial charge in [0.15, 0.2) is 31.4 Å². The van der Waals surface area contributed by atoms with E-state index in [1.165, 1.54) is 19.3 Å². The Hall–Kier alpha value is -2.63. The molecule has 0 radical (unpaired) electrons. The molecule has 0 heterocycles. The molecule has 0 fully saturated rings. The minimum atomic E-state index is -0.275. The second kappa shape index (κ2) is 11.8. The second-order valence-electron chi connectivity index (χ2n) is 5.96. The molecule has 1 aromatic rings. The van der Waals surface area contributed by atoms with Crippen LogP contribution in [-0.4, -0.2) is 38.0 Å². The number of rotatable bonds is 14. The van der Waals surface area contributed by atoms with Crippen LogP contribution in [-0.2, 0) is 0 Å². The van der Waals surface area contributed by atoms with E-state index in [4.69, 9.17) is 4.74 Å². The molecule has 0 saturated carbocycles. The van der Waals surface area contributed by atoms with Crippen molar-refractivity contribution in [3.8, 4) is 5.75 Å². The van der Waals surface area contributed by atoms with Crippen LogP contribution in [0.2, 0.25) is 0 Å². The molecule has 26 heavy (non-hydrogen) atoms. The third-order valence-corrected chi connectivity index (χ3v) is 4.23. The van der Waals surface area contributed by atoms with Crippen molar-refractivity contribution >= 4 is 31.4 Å². The minimum absolute atomic E-state index is 0.115. The Morgan fingerprint density at radius 1 is 0.577 bits per heavy atom. The summed E-state index contributed by atoms with van der Waals surface area (Å²) in [4.78, 5) is 56.7. The van der Waals surface area contributed by atoms with E-state index in [0.717, 1.165) is 19.3 Å². The first-order valence-corrected chi connectivity index (χ1v) is 8.82. The van der Waals surface area contributed by atoms with Crippen molar-refractivity contribution in [3.05, 3.63) is 27.8 Å². The van der Waals surface area contributed by atoms with Crippen LogP contribution in [0.4, 0.5) is 0 Å². The lowest BCUT2D eigenvalue weighted by molar-refractivity contribution is 0.106. The molecule has 0 bridgehead atoms. The van der Waals surface area contributed by atoms with Crippen molar-refractivity contribution in [3.63, 3.8) is 0 Å². The predicted octanol–water partition coefficient (Wildman–Crippen LogP) is 3.88. The van der Waals surface area contributed by atoms with Gasteiger partial charge in [0.05, 0.1) is 17.7 Å². The molecule has 0 N–H and O–H groups in total. The number of carbonyl (C=O) groups excluding carboxylic acids is 5. The van der Waals surface area contributed by atoms with Gasteiger partial charge in [-0.3, -0.25) is 24.0 Å². The van der Waals surface area contributed by atoms with Gasteiger partial charge < -0.3 is 4.74 Å². The summed E-state index contributed by atoms with van der Waals surface area (Å²) in [5, 5.41) is 0. The van der Waals surface area contributed by atoms with Crippen LogP contribution in [0.3, 0.4) is 0 Å². The zero-order valence-electron chi connectivity index (χ0n) is 15.0. The summed E-state index contributed by atoms with van der Waals surface area (Å²) in [7, 11) is 0. The van der Waals surface area contributed by atoms with Crippen molar-refractivity contribution < 1.29 is 28.7 Å². The molecule has 0 aromatic heterocycles. The van der Waals surface area contributed by atoms with Gasteiger partial charge in [-0.15, -0.1) is 0 Å². The van der Waals surface area contributed by atoms with Gasteiger partial charge in [0, 0.05) is 16.7 Å². The molecule has 0 spiro atoms. The maximum atomic E-state index is 11.4. The van der Waals surface area contributed by atoms with Crippen LogP contribution < -0.4 is 4.74 Å². The van der Waals surface area contributed by atoms with Crippen LogP contribution in [0, 0.1) is 0 Å². The van der Waals surface area contributed by atoms with Crippen molar-refractivity contribution in [2.45, 2.75) is 51.9 Å². The van der Waals surface area contributed by atoms with E-state index >= 15 is 0 Å². The molecule has 0 aliphatic rings. The molecule has 1 rings (SSSR count). The number of hydrogen-bond acceptors (Lipinski definition) is 6. The Morgan fingerprint density at radius 3 is 1.38 bits per heavy atom. The molecular formula is C20H24O6. The molecular weight excluding hydrogens is 336 g/mol. The number of unbranched alkanes of at least 4 members (excludes halogenated alkanes) is 6. The molecule has 0 aliphatic heterocycles. The van der Waals surface area contributed by atoms with E-state index in [-0.39, 0.29) is 46.5 Å². The predicted molar refractivity (Wildman–Crippen MR) is 96.9 cm³/mol. The Labute approximate surface area is 152 Å². The van der Waals surface area contributed by atoms with Crippen molar-refractivity contribution in [1.29, 1.82) is 0 Å². The van der Waals surface area contributed by atoms with Gasteiger partial charge in [-0.1, -0.05) is 45.4 Å². The molecule has 1 aromatic carbocycles. The summed E-state index contributed by atoms with van der Waals surface area (Å²) in [6.07, 6.45) is 9.08. The SMILES string of the molecule is CCCCCCCCCOc1c(C=O)c(C=O)c(C=O)c(C=O)c1C=O. The third kappa shape index (κ3) is 5.18. The average Bonchev–Trinajstić information content (AvgIpc) is 2.67. The first-order valence-electron chi connectivity index (χ1n) is 8.82. The minimum Gasteiger partial charge on any atom is -0.492 e. The largest absolute Gasteiger partial charge is 0.492 e. The summed E-state index contributed by atoms with van der Waals surface area (Å²) < 4.78 is 5.57. The van der Waals surface area contributed by atoms with Crippen molar-refractivity contribution in [2.24, 2.45) is 0 Å². The van der Waals surface area contributed by atoms with E-state index in [0.29, 0.717) is 31.6 Å². The second-order valence-corrected chi connectivity index (χ2v) is 5.96. The van der Waals surface area contributed by atoms with Gasteiger partial charge in [-0.25, -0.2) is 0 Å². The zero-order valence-corrected chi connectivity index (χ0v) is 15.0. The highest BCUT2D eigenvalue weighted by molar-refractivity contribution is 6.10. The van der Waals surface area contributed by atoms with E-state index in [2.05, 4.69) is 6.92 Å². The fraction of sp³-hybridized carbons (Fsp3) is 0.450. The van der Waals surface area contributed by atoms with E-state index < -0.39 is 0 Å². The lowest BCUT2D eigenvalue weighted by Gasteiger charge is -2.16. The van der Waals surface area contributed by atoms with Gasteiger partial charge in [0.1, 0.15) is 5.75 Å². The van der Waals surface area contributed by atoms with Gasteiger partial charge in [-0.05, 0) is 6.42 Å². The highest BCUT2D eigenvalue weighted by atomic mass is 16.5. The molecule has 0 amide bonds. The van der Waals surface area contributed by atoms with E-state index in [1.807, 2.05) is 0 Å². The Balaban J connectivity index is 2.97. The highest BCUT2D eigenvalue weighted by Crippen LogP contribution is 2.30. The number of ether oxygens (including phenoxy) is 1. The van der Waals surface area contributed by atoms with E-state index in [9.17, 15) is 24.0 Å². The molecule has 0 atom stereocenters. The molecule has 0 unspecified atom stereocenters. The van der Waals surface area contributed by atoms with Crippen LogP contribution in [0.25, 0.3) is 0 Å². The van der Waals surface area contributed by atoms with E-state index in [1.54, 1.807) is 0 Å². The quantitative estimate of drug-likeness (QED) is 0.369. The van der Waals surface area contributed by atoms with Gasteiger partial charge in [0.2, 0.25) is 0 Å². The maximum absolute atomic E-state index is 11.4. The summed E-state index contributed by atoms with van der Waals surface area (Å²) in [5.74, 6) is -0.115. The van der Waals surface area contributed by atoms with Gasteiger partial charge in [-0.2, -0.15) is 0 Å². The fourth-order valence-corrected chi connectivity index (χ4v) is 2.83. The zero-order chi connectivity index (χ0) is 19.4. The van der Waals surface area contributed by atoms with Crippen LogP contribution in [0.15, 0.2) is 0 Å². The Kier molecular flexibility index (Phi) is 9.75. The first-order chi connectivity index (χ1) is 12.7. The Bertz CT molecular complexity index is 622. The molecule has 6 nitrogen and oxygen atoms in total. The monoisotopic (exact) mass is 360 g/mol. The summed E-state index contributed by atoms with van der Waals surface area (Å²) in [6, 6.07) is 0. The van der Waals surface area contributed by atoms with Crippen LogP contribution in [0.1, 0.15) is 104 Å². The third-order valence-electron chi connectivity index (χ3n) is 4.23. The molecule has 140 valence electrons. The number of hydrogen-bond donors (Lipinski definition) is 0. The van der Waals surface area contributed by atoms with Gasteiger partial charge in [0.25, 0.3) is 0 Å². The average molecular weight is 360 g/mol. The number of carbonyl (C=O) groups is 5. The molecule has 0 saturated heterocycles. The summed E-state index contributed by atoms with van der Waals surface area (Å²) in [5.41, 5.74) is -1.12. The topological polar surface area (TPSA) is 94.6 Å². The maximum Gasteiger partial charge on any atom is 0.154 e. The van der Waals surface area contributed by atoms with Crippen molar-refractivity contribution in [1.82, 2.24) is 0 Å². The van der Waals surface area contributed by atoms with Crippen molar-refractivity contribution in [2.75, 3.05) is 6.61 Å². The Morgan fingerprint density at radius 2 is 0.962 bits per heavy atom. The summed E-state index contributed by atoms with van der Waals surface area (Å²) >= 11 is 0. The highest BCUT2D eigenvalue weighted by Gasteiger charge is 2.24. The molecule has 6 heteroatoms. The lowest BCUT2D eigenvalue weighted by Crippen LogP contribution is -2.12. The first kappa shape index (κ1) is 21.4. The van der Waals surface area contributed by atoms with Crippen LogP contribution in [0.5, 0.6) is 5.75 Å². The number of benzene rings is 1. The fourth-order valence-electron chi connectivity index (χ4n) is 2.83.